The summed E-state index contributed by atoms with van der Waals surface area (Å²) in [6, 6.07) is 12.6. The van der Waals surface area contributed by atoms with Crippen molar-refractivity contribution in [3.05, 3.63) is 64.1 Å². The van der Waals surface area contributed by atoms with Crippen LogP contribution in [-0.4, -0.2) is 23.8 Å². The molecule has 0 aliphatic carbocycles. The lowest BCUT2D eigenvalue weighted by atomic mass is 10.0. The van der Waals surface area contributed by atoms with Gasteiger partial charge in [-0.1, -0.05) is 34.1 Å². The number of benzene rings is 2. The largest absolute Gasteiger partial charge is 0.427 e. The van der Waals surface area contributed by atoms with E-state index < -0.39 is 23.8 Å². The summed E-state index contributed by atoms with van der Waals surface area (Å²) in [6.45, 7) is 1.27. The van der Waals surface area contributed by atoms with Crippen LogP contribution in [0.25, 0.3) is 0 Å². The van der Waals surface area contributed by atoms with Gasteiger partial charge in [-0.05, 0) is 35.9 Å². The van der Waals surface area contributed by atoms with Crippen molar-refractivity contribution < 1.29 is 19.1 Å². The number of primary amides is 1. The summed E-state index contributed by atoms with van der Waals surface area (Å²) in [5.41, 5.74) is 6.53. The fraction of sp³-hybridized carbons (Fsp3) is 0.167. The van der Waals surface area contributed by atoms with Crippen molar-refractivity contribution in [1.29, 1.82) is 0 Å². The van der Waals surface area contributed by atoms with Crippen molar-refractivity contribution in [3.8, 4) is 5.75 Å². The van der Waals surface area contributed by atoms with Crippen LogP contribution in [0.15, 0.2) is 53.0 Å². The molecular formula is C18H17BrN2O4. The van der Waals surface area contributed by atoms with Gasteiger partial charge in [0.15, 0.2) is 0 Å². The predicted octanol–water partition coefficient (Wildman–Crippen LogP) is 2.20. The molecule has 0 radical (unpaired) electrons. The monoisotopic (exact) mass is 404 g/mol. The minimum atomic E-state index is -0.856. The molecule has 0 bridgehead atoms. The lowest BCUT2D eigenvalue weighted by molar-refractivity contribution is -0.131. The van der Waals surface area contributed by atoms with Crippen LogP contribution in [0.2, 0.25) is 0 Å². The van der Waals surface area contributed by atoms with E-state index in [-0.39, 0.29) is 17.7 Å². The van der Waals surface area contributed by atoms with Crippen molar-refractivity contribution in [2.75, 3.05) is 0 Å². The summed E-state index contributed by atoms with van der Waals surface area (Å²) in [7, 11) is 0. The molecular weight excluding hydrogens is 388 g/mol. The number of hydrogen-bond donors (Lipinski definition) is 2. The number of carbonyl (C=O) groups is 3. The van der Waals surface area contributed by atoms with E-state index in [9.17, 15) is 14.4 Å². The molecule has 3 N–H and O–H groups in total. The molecule has 0 aromatic heterocycles. The molecule has 0 heterocycles. The minimum absolute atomic E-state index is 0.253. The molecule has 0 aliphatic heterocycles. The van der Waals surface area contributed by atoms with Gasteiger partial charge in [0.25, 0.3) is 5.91 Å². The Balaban J connectivity index is 2.11. The number of amides is 2. The summed E-state index contributed by atoms with van der Waals surface area (Å²) in [5, 5.41) is 2.61. The normalized spacial score (nSPS) is 11.4. The number of nitrogens with two attached hydrogens (primary N) is 1. The first-order valence-electron chi connectivity index (χ1n) is 7.48. The summed E-state index contributed by atoms with van der Waals surface area (Å²) in [4.78, 5) is 35.1. The molecule has 0 unspecified atom stereocenters. The maximum atomic E-state index is 12.4. The van der Waals surface area contributed by atoms with E-state index in [4.69, 9.17) is 10.5 Å². The zero-order valence-corrected chi connectivity index (χ0v) is 15.1. The first kappa shape index (κ1) is 18.7. The number of hydrogen-bond acceptors (Lipinski definition) is 4. The third kappa shape index (κ3) is 5.72. The Morgan fingerprint density at radius 3 is 2.44 bits per heavy atom. The fourth-order valence-electron chi connectivity index (χ4n) is 2.19. The molecule has 25 heavy (non-hydrogen) atoms. The van der Waals surface area contributed by atoms with Crippen LogP contribution in [0, 0.1) is 0 Å². The van der Waals surface area contributed by atoms with Crippen molar-refractivity contribution in [1.82, 2.24) is 5.32 Å². The zero-order chi connectivity index (χ0) is 18.4. The van der Waals surface area contributed by atoms with Crippen LogP contribution in [-0.2, 0) is 16.0 Å². The Bertz CT molecular complexity index is 790. The van der Waals surface area contributed by atoms with Crippen LogP contribution in [0.4, 0.5) is 0 Å². The minimum Gasteiger partial charge on any atom is -0.427 e. The summed E-state index contributed by atoms with van der Waals surface area (Å²) in [6.07, 6.45) is 0.276. The Hall–Kier alpha value is -2.67. The summed E-state index contributed by atoms with van der Waals surface area (Å²) in [5.74, 6) is -1.34. The molecule has 0 saturated heterocycles. The lowest BCUT2D eigenvalue weighted by Crippen LogP contribution is -2.45. The average molecular weight is 405 g/mol. The maximum Gasteiger partial charge on any atom is 0.308 e. The second kappa shape index (κ2) is 8.43. The molecule has 2 aromatic rings. The standard InChI is InChI=1S/C18H17BrN2O4/c1-11(22)25-15-4-2-3-13(10-15)18(24)21-16(17(20)23)9-12-5-7-14(19)8-6-12/h2-8,10,16H,9H2,1H3,(H2,20,23)(H,21,24)/t16-/m1/s1. The SMILES string of the molecule is CC(=O)Oc1cccc(C(=O)N[C@H](Cc2ccc(Br)cc2)C(N)=O)c1. The van der Waals surface area contributed by atoms with E-state index in [0.717, 1.165) is 10.0 Å². The second-order valence-electron chi connectivity index (χ2n) is 5.38. The fourth-order valence-corrected chi connectivity index (χ4v) is 2.45. The molecule has 130 valence electrons. The molecule has 2 rings (SSSR count). The van der Waals surface area contributed by atoms with Crippen LogP contribution in [0.1, 0.15) is 22.8 Å². The van der Waals surface area contributed by atoms with Gasteiger partial charge in [0.2, 0.25) is 5.91 Å². The molecule has 0 saturated carbocycles. The van der Waals surface area contributed by atoms with Crippen LogP contribution >= 0.6 is 15.9 Å². The van der Waals surface area contributed by atoms with Gasteiger partial charge in [0, 0.05) is 23.4 Å². The highest BCUT2D eigenvalue weighted by Crippen LogP contribution is 2.15. The van der Waals surface area contributed by atoms with E-state index >= 15 is 0 Å². The van der Waals surface area contributed by atoms with Gasteiger partial charge < -0.3 is 15.8 Å². The van der Waals surface area contributed by atoms with Crippen LogP contribution in [0.3, 0.4) is 0 Å². The third-order valence-electron chi connectivity index (χ3n) is 3.36. The van der Waals surface area contributed by atoms with E-state index in [1.54, 1.807) is 18.2 Å². The first-order chi connectivity index (χ1) is 11.8. The van der Waals surface area contributed by atoms with Gasteiger partial charge in [-0.3, -0.25) is 14.4 Å². The van der Waals surface area contributed by atoms with E-state index in [2.05, 4.69) is 21.2 Å². The first-order valence-corrected chi connectivity index (χ1v) is 8.27. The molecule has 2 amide bonds. The van der Waals surface area contributed by atoms with Gasteiger partial charge in [-0.25, -0.2) is 0 Å². The van der Waals surface area contributed by atoms with Crippen molar-refractivity contribution in [2.24, 2.45) is 5.73 Å². The Morgan fingerprint density at radius 2 is 1.84 bits per heavy atom. The van der Waals surface area contributed by atoms with Gasteiger partial charge in [-0.2, -0.15) is 0 Å². The average Bonchev–Trinajstić information content (AvgIpc) is 2.55. The molecule has 2 aromatic carbocycles. The summed E-state index contributed by atoms with van der Waals surface area (Å²) < 4.78 is 5.86. The smallest absolute Gasteiger partial charge is 0.308 e. The summed E-state index contributed by atoms with van der Waals surface area (Å²) >= 11 is 3.34. The molecule has 0 aliphatic rings. The second-order valence-corrected chi connectivity index (χ2v) is 6.30. The molecule has 6 nitrogen and oxygen atoms in total. The third-order valence-corrected chi connectivity index (χ3v) is 3.89. The number of halogens is 1. The predicted molar refractivity (Wildman–Crippen MR) is 96.0 cm³/mol. The Morgan fingerprint density at radius 1 is 1.16 bits per heavy atom. The quantitative estimate of drug-likeness (QED) is 0.569. The topological polar surface area (TPSA) is 98.5 Å². The molecule has 7 heteroatoms. The van der Waals surface area contributed by atoms with Gasteiger partial charge in [-0.15, -0.1) is 0 Å². The lowest BCUT2D eigenvalue weighted by Gasteiger charge is -2.16. The number of rotatable bonds is 6. The van der Waals surface area contributed by atoms with Crippen molar-refractivity contribution >= 4 is 33.7 Å². The van der Waals surface area contributed by atoms with Crippen molar-refractivity contribution in [2.45, 2.75) is 19.4 Å². The maximum absolute atomic E-state index is 12.4. The highest BCUT2D eigenvalue weighted by atomic mass is 79.9. The van der Waals surface area contributed by atoms with Gasteiger partial charge in [0.1, 0.15) is 11.8 Å². The zero-order valence-electron chi connectivity index (χ0n) is 13.5. The van der Waals surface area contributed by atoms with Gasteiger partial charge >= 0.3 is 5.97 Å². The van der Waals surface area contributed by atoms with E-state index in [0.29, 0.717) is 0 Å². The van der Waals surface area contributed by atoms with Crippen molar-refractivity contribution in [3.63, 3.8) is 0 Å². The Labute approximate surface area is 153 Å². The highest BCUT2D eigenvalue weighted by molar-refractivity contribution is 9.10. The highest BCUT2D eigenvalue weighted by Gasteiger charge is 2.20. The van der Waals surface area contributed by atoms with E-state index in [1.165, 1.54) is 13.0 Å². The van der Waals surface area contributed by atoms with Crippen LogP contribution in [0.5, 0.6) is 5.75 Å². The number of esters is 1. The molecule has 0 fully saturated rings. The van der Waals surface area contributed by atoms with Gasteiger partial charge in [0.05, 0.1) is 0 Å². The van der Waals surface area contributed by atoms with Crippen LogP contribution < -0.4 is 15.8 Å². The number of nitrogens with one attached hydrogen (secondary N) is 1. The van der Waals surface area contributed by atoms with E-state index in [1.807, 2.05) is 24.3 Å². The molecule has 1 atom stereocenters. The number of ether oxygens (including phenoxy) is 1. The Kier molecular flexibility index (Phi) is 6.30. The number of carbonyl (C=O) groups excluding carboxylic acids is 3. The molecule has 0 spiro atoms.